The van der Waals surface area contributed by atoms with Crippen molar-refractivity contribution >= 4 is 11.9 Å². The van der Waals surface area contributed by atoms with Crippen molar-refractivity contribution in [3.63, 3.8) is 0 Å². The van der Waals surface area contributed by atoms with Crippen molar-refractivity contribution in [3.8, 4) is 0 Å². The Labute approximate surface area is 90.0 Å². The Bertz CT molecular complexity index is 265. The molecule has 1 aliphatic carbocycles. The SMILES string of the molecule is CCC1CCCC(NC(C)=O)(C(=O)O)C1. The van der Waals surface area contributed by atoms with Crippen molar-refractivity contribution in [2.75, 3.05) is 0 Å². The molecule has 15 heavy (non-hydrogen) atoms. The van der Waals surface area contributed by atoms with E-state index in [-0.39, 0.29) is 5.91 Å². The minimum absolute atomic E-state index is 0.255. The van der Waals surface area contributed by atoms with Crippen LogP contribution in [0.25, 0.3) is 0 Å². The average Bonchev–Trinajstić information content (AvgIpc) is 2.16. The molecule has 4 heteroatoms. The highest BCUT2D eigenvalue weighted by atomic mass is 16.4. The molecule has 1 rings (SSSR count). The second-order valence-corrected chi connectivity index (χ2v) is 4.44. The lowest BCUT2D eigenvalue weighted by Crippen LogP contribution is -2.56. The van der Waals surface area contributed by atoms with Crippen LogP contribution in [0, 0.1) is 5.92 Å². The van der Waals surface area contributed by atoms with Crippen LogP contribution in [0.3, 0.4) is 0 Å². The molecule has 1 aliphatic rings. The Morgan fingerprint density at radius 3 is 2.67 bits per heavy atom. The quantitative estimate of drug-likeness (QED) is 0.747. The molecule has 4 nitrogen and oxygen atoms in total. The molecule has 2 N–H and O–H groups in total. The highest BCUT2D eigenvalue weighted by molar-refractivity contribution is 5.86. The van der Waals surface area contributed by atoms with E-state index in [1.165, 1.54) is 6.92 Å². The summed E-state index contributed by atoms with van der Waals surface area (Å²) in [6.45, 7) is 3.44. The smallest absolute Gasteiger partial charge is 0.329 e. The molecule has 1 amide bonds. The monoisotopic (exact) mass is 213 g/mol. The lowest BCUT2D eigenvalue weighted by atomic mass is 9.74. The molecule has 0 aliphatic heterocycles. The summed E-state index contributed by atoms with van der Waals surface area (Å²) in [7, 11) is 0. The van der Waals surface area contributed by atoms with Gasteiger partial charge in [-0.1, -0.05) is 26.2 Å². The van der Waals surface area contributed by atoms with Crippen LogP contribution >= 0.6 is 0 Å². The normalized spacial score (nSPS) is 30.9. The van der Waals surface area contributed by atoms with Crippen molar-refractivity contribution in [1.82, 2.24) is 5.32 Å². The van der Waals surface area contributed by atoms with Crippen LogP contribution in [0.4, 0.5) is 0 Å². The number of amides is 1. The van der Waals surface area contributed by atoms with Crippen LogP contribution in [0.5, 0.6) is 0 Å². The van der Waals surface area contributed by atoms with Crippen molar-refractivity contribution < 1.29 is 14.7 Å². The average molecular weight is 213 g/mol. The van der Waals surface area contributed by atoms with Crippen LogP contribution in [-0.4, -0.2) is 22.5 Å². The number of carboxylic acid groups (broad SMARTS) is 1. The summed E-state index contributed by atoms with van der Waals surface area (Å²) in [5, 5.41) is 11.9. The maximum absolute atomic E-state index is 11.3. The maximum Gasteiger partial charge on any atom is 0.329 e. The molecule has 2 atom stereocenters. The van der Waals surface area contributed by atoms with Gasteiger partial charge in [0.15, 0.2) is 0 Å². The van der Waals surface area contributed by atoms with Crippen LogP contribution in [-0.2, 0) is 9.59 Å². The fraction of sp³-hybridized carbons (Fsp3) is 0.818. The van der Waals surface area contributed by atoms with E-state index in [0.717, 1.165) is 19.3 Å². The van der Waals surface area contributed by atoms with E-state index >= 15 is 0 Å². The number of hydrogen-bond acceptors (Lipinski definition) is 2. The lowest BCUT2D eigenvalue weighted by molar-refractivity contribution is -0.149. The Morgan fingerprint density at radius 2 is 2.20 bits per heavy atom. The van der Waals surface area contributed by atoms with Gasteiger partial charge in [0.1, 0.15) is 5.54 Å². The van der Waals surface area contributed by atoms with E-state index in [9.17, 15) is 14.7 Å². The van der Waals surface area contributed by atoms with E-state index in [2.05, 4.69) is 12.2 Å². The molecule has 0 bridgehead atoms. The Balaban J connectivity index is 2.80. The number of aliphatic carboxylic acids is 1. The molecule has 0 saturated heterocycles. The van der Waals surface area contributed by atoms with Gasteiger partial charge in [0.25, 0.3) is 0 Å². The fourth-order valence-corrected chi connectivity index (χ4v) is 2.44. The third-order valence-corrected chi connectivity index (χ3v) is 3.26. The highest BCUT2D eigenvalue weighted by Gasteiger charge is 2.43. The summed E-state index contributed by atoms with van der Waals surface area (Å²) < 4.78 is 0. The predicted octanol–water partition coefficient (Wildman–Crippen LogP) is 1.55. The number of rotatable bonds is 3. The Hall–Kier alpha value is -1.06. The molecule has 0 aromatic rings. The first-order valence-electron chi connectivity index (χ1n) is 5.52. The minimum Gasteiger partial charge on any atom is -0.480 e. The van der Waals surface area contributed by atoms with Gasteiger partial charge in [-0.3, -0.25) is 4.79 Å². The maximum atomic E-state index is 11.3. The first-order valence-corrected chi connectivity index (χ1v) is 5.52. The molecule has 0 aromatic carbocycles. The van der Waals surface area contributed by atoms with Gasteiger partial charge in [0.05, 0.1) is 0 Å². The molecular formula is C11H19NO3. The molecule has 1 fully saturated rings. The number of hydrogen-bond donors (Lipinski definition) is 2. The number of carbonyl (C=O) groups excluding carboxylic acids is 1. The fourth-order valence-electron chi connectivity index (χ4n) is 2.44. The number of carboxylic acids is 1. The van der Waals surface area contributed by atoms with Crippen LogP contribution in [0.2, 0.25) is 0 Å². The zero-order valence-electron chi connectivity index (χ0n) is 9.38. The van der Waals surface area contributed by atoms with Crippen molar-refractivity contribution in [3.05, 3.63) is 0 Å². The van der Waals surface area contributed by atoms with Gasteiger partial charge in [0.2, 0.25) is 5.91 Å². The van der Waals surface area contributed by atoms with Crippen molar-refractivity contribution in [1.29, 1.82) is 0 Å². The summed E-state index contributed by atoms with van der Waals surface area (Å²) in [4.78, 5) is 22.3. The first kappa shape index (κ1) is 12.0. The van der Waals surface area contributed by atoms with E-state index in [1.54, 1.807) is 0 Å². The number of nitrogens with one attached hydrogen (secondary N) is 1. The van der Waals surface area contributed by atoms with E-state index in [0.29, 0.717) is 18.8 Å². The molecule has 0 aromatic heterocycles. The Kier molecular flexibility index (Phi) is 3.72. The van der Waals surface area contributed by atoms with Crippen molar-refractivity contribution in [2.45, 2.75) is 51.5 Å². The van der Waals surface area contributed by atoms with E-state index in [1.807, 2.05) is 0 Å². The predicted molar refractivity (Wildman–Crippen MR) is 56.4 cm³/mol. The van der Waals surface area contributed by atoms with Gasteiger partial charge in [-0.25, -0.2) is 4.79 Å². The molecule has 1 saturated carbocycles. The summed E-state index contributed by atoms with van der Waals surface area (Å²) in [6, 6.07) is 0. The van der Waals surface area contributed by atoms with Crippen LogP contribution in [0.1, 0.15) is 46.0 Å². The molecule has 0 spiro atoms. The molecule has 0 heterocycles. The molecule has 0 radical (unpaired) electrons. The lowest BCUT2D eigenvalue weighted by Gasteiger charge is -2.37. The van der Waals surface area contributed by atoms with Gasteiger partial charge in [0, 0.05) is 6.92 Å². The highest BCUT2D eigenvalue weighted by Crippen LogP contribution is 2.34. The molecular weight excluding hydrogens is 194 g/mol. The summed E-state index contributed by atoms with van der Waals surface area (Å²) >= 11 is 0. The second kappa shape index (κ2) is 4.64. The Morgan fingerprint density at radius 1 is 1.53 bits per heavy atom. The number of carbonyl (C=O) groups is 2. The molecule has 86 valence electrons. The van der Waals surface area contributed by atoms with Crippen molar-refractivity contribution in [2.24, 2.45) is 5.92 Å². The third kappa shape index (κ3) is 2.70. The summed E-state index contributed by atoms with van der Waals surface area (Å²) in [6.07, 6.45) is 4.06. The zero-order valence-corrected chi connectivity index (χ0v) is 9.38. The van der Waals surface area contributed by atoms with Gasteiger partial charge >= 0.3 is 5.97 Å². The molecule has 2 unspecified atom stereocenters. The van der Waals surface area contributed by atoms with Gasteiger partial charge in [-0.05, 0) is 18.8 Å². The van der Waals surface area contributed by atoms with Gasteiger partial charge in [-0.2, -0.15) is 0 Å². The van der Waals surface area contributed by atoms with Gasteiger partial charge in [-0.15, -0.1) is 0 Å². The first-order chi connectivity index (χ1) is 7.00. The van der Waals surface area contributed by atoms with Gasteiger partial charge < -0.3 is 10.4 Å². The standard InChI is InChI=1S/C11H19NO3/c1-3-9-5-4-6-11(7-9,10(14)15)12-8(2)13/h9H,3-7H2,1-2H3,(H,12,13)(H,14,15). The largest absolute Gasteiger partial charge is 0.480 e. The van der Waals surface area contributed by atoms with Crippen LogP contribution < -0.4 is 5.32 Å². The minimum atomic E-state index is -1.01. The second-order valence-electron chi connectivity index (χ2n) is 4.44. The van der Waals surface area contributed by atoms with Crippen LogP contribution in [0.15, 0.2) is 0 Å². The zero-order chi connectivity index (χ0) is 11.5. The van der Waals surface area contributed by atoms with E-state index in [4.69, 9.17) is 0 Å². The topological polar surface area (TPSA) is 66.4 Å². The van der Waals surface area contributed by atoms with E-state index < -0.39 is 11.5 Å². The third-order valence-electron chi connectivity index (χ3n) is 3.26. The summed E-state index contributed by atoms with van der Waals surface area (Å²) in [5.41, 5.74) is -1.01. The summed E-state index contributed by atoms with van der Waals surface area (Å²) in [5.74, 6) is -0.730.